The molecule has 0 unspecified atom stereocenters. The molecular weight excluding hydrogens is 414 g/mol. The van der Waals surface area contributed by atoms with Crippen LogP contribution in [0.2, 0.25) is 0 Å². The fourth-order valence-corrected chi connectivity index (χ4v) is 5.49. The first-order chi connectivity index (χ1) is 16.3. The van der Waals surface area contributed by atoms with E-state index in [1.54, 1.807) is 0 Å². The number of amides is 1. The molecule has 2 heterocycles. The summed E-state index contributed by atoms with van der Waals surface area (Å²) in [6.07, 6.45) is 2.93. The molecule has 1 amide bonds. The molecule has 0 spiro atoms. The predicted molar refractivity (Wildman–Crippen MR) is 124 cm³/mol. The summed E-state index contributed by atoms with van der Waals surface area (Å²) in [6, 6.07) is 24.6. The fraction of sp³-hybridized carbons (Fsp3) is 0.321. The third kappa shape index (κ3) is 3.87. The highest BCUT2D eigenvalue weighted by Gasteiger charge is 2.44. The van der Waals surface area contributed by atoms with Crippen LogP contribution in [0.3, 0.4) is 0 Å². The number of carbonyl (C=O) groups is 1. The summed E-state index contributed by atoms with van der Waals surface area (Å²) >= 11 is 0. The highest BCUT2D eigenvalue weighted by Crippen LogP contribution is 2.47. The Balaban J connectivity index is 1.30. The highest BCUT2D eigenvalue weighted by atomic mass is 16.7. The summed E-state index contributed by atoms with van der Waals surface area (Å²) in [6.45, 7) is 1.44. The summed E-state index contributed by atoms with van der Waals surface area (Å²) in [5, 5.41) is 0. The fourth-order valence-electron chi connectivity index (χ4n) is 5.49. The first kappa shape index (κ1) is 20.3. The van der Waals surface area contributed by atoms with E-state index in [1.165, 1.54) is 5.56 Å². The number of fused-ring (bicyclic) bond motifs is 4. The largest absolute Gasteiger partial charge is 0.454 e. The van der Waals surface area contributed by atoms with Crippen LogP contribution < -0.4 is 9.47 Å². The monoisotopic (exact) mass is 441 g/mol. The summed E-state index contributed by atoms with van der Waals surface area (Å²) < 4.78 is 17.6. The Bertz CT molecular complexity index is 1150. The second-order valence-electron chi connectivity index (χ2n) is 9.12. The average molecular weight is 442 g/mol. The van der Waals surface area contributed by atoms with E-state index >= 15 is 0 Å². The Hall–Kier alpha value is -3.31. The molecule has 0 saturated heterocycles. The van der Waals surface area contributed by atoms with Crippen molar-refractivity contribution < 1.29 is 19.0 Å². The molecule has 0 aromatic heterocycles. The smallest absolute Gasteiger partial charge is 0.254 e. The van der Waals surface area contributed by atoms with Gasteiger partial charge in [-0.25, -0.2) is 0 Å². The van der Waals surface area contributed by atoms with E-state index in [4.69, 9.17) is 14.2 Å². The number of carbonyl (C=O) groups excluding carboxylic acids is 1. The van der Waals surface area contributed by atoms with Crippen LogP contribution in [0, 0.1) is 0 Å². The maximum Gasteiger partial charge on any atom is 0.254 e. The molecule has 1 fully saturated rings. The Morgan fingerprint density at radius 2 is 1.58 bits per heavy atom. The van der Waals surface area contributed by atoms with Gasteiger partial charge >= 0.3 is 0 Å². The van der Waals surface area contributed by atoms with Gasteiger partial charge in [-0.05, 0) is 48.1 Å². The number of ether oxygens (including phenoxy) is 3. The van der Waals surface area contributed by atoms with Crippen molar-refractivity contribution in [1.29, 1.82) is 0 Å². The zero-order chi connectivity index (χ0) is 22.2. The van der Waals surface area contributed by atoms with E-state index in [1.807, 2.05) is 48.5 Å². The maximum atomic E-state index is 13.7. The van der Waals surface area contributed by atoms with Crippen molar-refractivity contribution >= 4 is 5.91 Å². The molecule has 6 rings (SSSR count). The molecule has 2 aliphatic heterocycles. The summed E-state index contributed by atoms with van der Waals surface area (Å²) in [4.78, 5) is 15.7. The van der Waals surface area contributed by atoms with Gasteiger partial charge in [-0.2, -0.15) is 0 Å². The van der Waals surface area contributed by atoms with Crippen molar-refractivity contribution in [3.8, 4) is 11.5 Å². The highest BCUT2D eigenvalue weighted by molar-refractivity contribution is 5.98. The van der Waals surface area contributed by atoms with Crippen LogP contribution in [0.15, 0.2) is 72.8 Å². The minimum atomic E-state index is 0.0806. The van der Waals surface area contributed by atoms with E-state index in [-0.39, 0.29) is 30.8 Å². The molecule has 1 aliphatic carbocycles. The predicted octanol–water partition coefficient (Wildman–Crippen LogP) is 5.29. The van der Waals surface area contributed by atoms with Gasteiger partial charge < -0.3 is 19.1 Å². The normalized spacial score (nSPS) is 23.2. The van der Waals surface area contributed by atoms with Crippen LogP contribution >= 0.6 is 0 Å². The van der Waals surface area contributed by atoms with Gasteiger partial charge in [0.25, 0.3) is 5.91 Å². The molecule has 3 aromatic carbocycles. The quantitative estimate of drug-likeness (QED) is 0.540. The summed E-state index contributed by atoms with van der Waals surface area (Å²) in [5.41, 5.74) is 4.15. The Morgan fingerprint density at radius 1 is 0.879 bits per heavy atom. The molecule has 168 valence electrons. The third-order valence-electron chi connectivity index (χ3n) is 7.13. The van der Waals surface area contributed by atoms with Crippen molar-refractivity contribution in [2.45, 2.75) is 50.5 Å². The van der Waals surface area contributed by atoms with Crippen molar-refractivity contribution in [3.05, 3.63) is 95.1 Å². The van der Waals surface area contributed by atoms with E-state index < -0.39 is 0 Å². The van der Waals surface area contributed by atoms with Crippen LogP contribution in [0.5, 0.6) is 11.5 Å². The van der Waals surface area contributed by atoms with E-state index in [9.17, 15) is 4.79 Å². The average Bonchev–Trinajstić information content (AvgIpc) is 3.33. The van der Waals surface area contributed by atoms with Gasteiger partial charge in [0.1, 0.15) is 0 Å². The molecular formula is C28H27NO4. The molecule has 5 nitrogen and oxygen atoms in total. The summed E-state index contributed by atoms with van der Waals surface area (Å²) in [5.74, 6) is 1.69. The van der Waals surface area contributed by atoms with E-state index in [0.29, 0.717) is 18.9 Å². The standard InChI is InChI=1S/C28H27NO4/c30-28-24-15-27-26(32-18-33-27)14-22(24)23-13-21(31-17-20-9-5-2-6-10-20)11-12-25(23)29(28)16-19-7-3-1-4-8-19/h1-10,14-15,21,23,25H,11-13,16-18H2/t21-,23-,25+/m1/s1. The SMILES string of the molecule is O=C1c2cc3c(cc2[C@H]2C[C@H](OCc4ccccc4)CC[C@@H]2N1Cc1ccccc1)OCO3. The lowest BCUT2D eigenvalue weighted by atomic mass is 9.73. The molecule has 0 N–H and O–H groups in total. The molecule has 5 heteroatoms. The van der Waals surface area contributed by atoms with Crippen molar-refractivity contribution in [2.24, 2.45) is 0 Å². The number of rotatable bonds is 5. The molecule has 0 radical (unpaired) electrons. The lowest BCUT2D eigenvalue weighted by Crippen LogP contribution is -2.50. The van der Waals surface area contributed by atoms with Crippen LogP contribution in [0.1, 0.15) is 52.2 Å². The van der Waals surface area contributed by atoms with Crippen LogP contribution in [-0.2, 0) is 17.9 Å². The zero-order valence-electron chi connectivity index (χ0n) is 18.5. The number of hydrogen-bond donors (Lipinski definition) is 0. The first-order valence-electron chi connectivity index (χ1n) is 11.7. The van der Waals surface area contributed by atoms with Crippen molar-refractivity contribution in [3.63, 3.8) is 0 Å². The minimum Gasteiger partial charge on any atom is -0.454 e. The molecule has 1 saturated carbocycles. The second kappa shape index (κ2) is 8.56. The number of benzene rings is 3. The minimum absolute atomic E-state index is 0.0806. The van der Waals surface area contributed by atoms with Gasteiger partial charge in [0.05, 0.1) is 12.7 Å². The zero-order valence-corrected chi connectivity index (χ0v) is 18.5. The summed E-state index contributed by atoms with van der Waals surface area (Å²) in [7, 11) is 0. The van der Waals surface area contributed by atoms with Gasteiger partial charge in [-0.3, -0.25) is 4.79 Å². The molecule has 3 aliphatic rings. The van der Waals surface area contributed by atoms with Crippen LogP contribution in [-0.4, -0.2) is 29.7 Å². The Labute approximate surface area is 193 Å². The second-order valence-corrected chi connectivity index (χ2v) is 9.12. The third-order valence-corrected chi connectivity index (χ3v) is 7.13. The van der Waals surface area contributed by atoms with Crippen molar-refractivity contribution in [2.75, 3.05) is 6.79 Å². The van der Waals surface area contributed by atoms with Gasteiger partial charge in [0, 0.05) is 24.1 Å². The topological polar surface area (TPSA) is 48.0 Å². The molecule has 3 atom stereocenters. The lowest BCUT2D eigenvalue weighted by Gasteiger charge is -2.46. The van der Waals surface area contributed by atoms with Gasteiger partial charge in [0.2, 0.25) is 6.79 Å². The van der Waals surface area contributed by atoms with Crippen LogP contribution in [0.4, 0.5) is 0 Å². The van der Waals surface area contributed by atoms with Crippen molar-refractivity contribution in [1.82, 2.24) is 4.90 Å². The van der Waals surface area contributed by atoms with Gasteiger partial charge in [-0.1, -0.05) is 60.7 Å². The van der Waals surface area contributed by atoms with Gasteiger partial charge in [-0.15, -0.1) is 0 Å². The van der Waals surface area contributed by atoms with E-state index in [2.05, 4.69) is 29.2 Å². The molecule has 33 heavy (non-hydrogen) atoms. The number of hydrogen-bond acceptors (Lipinski definition) is 4. The van der Waals surface area contributed by atoms with Crippen LogP contribution in [0.25, 0.3) is 0 Å². The molecule has 0 bridgehead atoms. The molecule has 3 aromatic rings. The Kier molecular flexibility index (Phi) is 5.27. The van der Waals surface area contributed by atoms with Gasteiger partial charge in [0.15, 0.2) is 11.5 Å². The van der Waals surface area contributed by atoms with E-state index in [0.717, 1.165) is 41.7 Å². The first-order valence-corrected chi connectivity index (χ1v) is 11.7. The lowest BCUT2D eigenvalue weighted by molar-refractivity contribution is -0.0134. The Morgan fingerprint density at radius 3 is 2.33 bits per heavy atom. The number of nitrogens with zero attached hydrogens (tertiary/aromatic N) is 1. The maximum absolute atomic E-state index is 13.7.